The predicted molar refractivity (Wildman–Crippen MR) is 137 cm³/mol. The number of hydrogen-bond acceptors (Lipinski definition) is 6. The van der Waals surface area contributed by atoms with E-state index in [0.717, 1.165) is 12.8 Å². The smallest absolute Gasteiger partial charge is 0.313 e. The lowest BCUT2D eigenvalue weighted by atomic mass is 9.66. The Morgan fingerprint density at radius 2 is 1.97 bits per heavy atom. The molecule has 8 heteroatoms. The van der Waals surface area contributed by atoms with E-state index in [4.69, 9.17) is 9.47 Å². The number of hydrogen-bond donors (Lipinski definition) is 1. The zero-order valence-corrected chi connectivity index (χ0v) is 22.6. The maximum Gasteiger partial charge on any atom is 0.313 e. The van der Waals surface area contributed by atoms with E-state index in [2.05, 4.69) is 20.1 Å². The van der Waals surface area contributed by atoms with Gasteiger partial charge >= 0.3 is 5.97 Å². The normalized spacial score (nSPS) is 32.4. The second kappa shape index (κ2) is 11.1. The van der Waals surface area contributed by atoms with Crippen molar-refractivity contribution in [2.24, 2.45) is 17.8 Å². The van der Waals surface area contributed by atoms with E-state index in [0.29, 0.717) is 25.8 Å². The van der Waals surface area contributed by atoms with E-state index in [1.54, 1.807) is 15.9 Å². The molecule has 7 atom stereocenters. The highest BCUT2D eigenvalue weighted by Gasteiger charge is 2.79. The highest BCUT2D eigenvalue weighted by atomic mass is 16.6. The molecule has 3 fully saturated rings. The summed E-state index contributed by atoms with van der Waals surface area (Å²) >= 11 is 0. The molecule has 0 aromatic rings. The van der Waals surface area contributed by atoms with E-state index in [-0.39, 0.29) is 37.0 Å². The van der Waals surface area contributed by atoms with Crippen LogP contribution in [0.5, 0.6) is 0 Å². The minimum absolute atomic E-state index is 0.0413. The molecule has 2 bridgehead atoms. The van der Waals surface area contributed by atoms with Gasteiger partial charge in [0, 0.05) is 12.6 Å². The lowest BCUT2D eigenvalue weighted by Crippen LogP contribution is -2.60. The van der Waals surface area contributed by atoms with Gasteiger partial charge in [0.15, 0.2) is 0 Å². The average molecular weight is 505 g/mol. The Morgan fingerprint density at radius 1 is 1.28 bits per heavy atom. The molecule has 0 saturated carbocycles. The molecule has 1 spiro atoms. The maximum absolute atomic E-state index is 14.4. The molecule has 8 nitrogen and oxygen atoms in total. The number of carbonyl (C=O) groups excluding carboxylic acids is 3. The number of ether oxygens (including phenoxy) is 2. The molecule has 3 rings (SSSR count). The fourth-order valence-electron chi connectivity index (χ4n) is 6.80. The van der Waals surface area contributed by atoms with Crippen LogP contribution < -0.4 is 0 Å². The van der Waals surface area contributed by atoms with Crippen molar-refractivity contribution in [3.8, 4) is 0 Å². The SMILES string of the molecule is C=CCOC(=O)[C@H]1[C@H]2C(=O)N([C@@H](CO)CC(C)C)C(C(=O)N(CC=C)C(C)CCC)C23CC[C@]1(C)O3. The summed E-state index contributed by atoms with van der Waals surface area (Å²) in [5.41, 5.74) is -2.04. The van der Waals surface area contributed by atoms with Gasteiger partial charge in [-0.2, -0.15) is 0 Å². The zero-order valence-electron chi connectivity index (χ0n) is 22.6. The molecule has 36 heavy (non-hydrogen) atoms. The Morgan fingerprint density at radius 3 is 2.53 bits per heavy atom. The second-order valence-electron chi connectivity index (χ2n) is 11.3. The Hall–Kier alpha value is -2.19. The standard InChI is InChI=1S/C28H44N2O6/c1-8-11-19(6)29(14-9-2)25(33)23-28-13-12-27(7,36-28)22(26(34)35-15-10-3)21(28)24(32)30(23)20(17-31)16-18(4)5/h9-10,18-23,31H,2-3,8,11-17H2,1,4-7H3/t19?,20-,21+,22-,23?,27+,28?/m1/s1. The molecule has 2 amide bonds. The first-order valence-electron chi connectivity index (χ1n) is 13.3. The summed E-state index contributed by atoms with van der Waals surface area (Å²) in [7, 11) is 0. The molecule has 3 saturated heterocycles. The number of esters is 1. The van der Waals surface area contributed by atoms with E-state index < -0.39 is 41.1 Å². The van der Waals surface area contributed by atoms with Gasteiger partial charge in [0.1, 0.15) is 24.2 Å². The van der Waals surface area contributed by atoms with Gasteiger partial charge in [-0.1, -0.05) is 45.9 Å². The van der Waals surface area contributed by atoms with Gasteiger partial charge in [0.05, 0.1) is 24.2 Å². The molecular weight excluding hydrogens is 460 g/mol. The summed E-state index contributed by atoms with van der Waals surface area (Å²) in [6, 6.07) is -1.55. The number of nitrogens with zero attached hydrogens (tertiary/aromatic N) is 2. The fourth-order valence-corrected chi connectivity index (χ4v) is 6.80. The predicted octanol–water partition coefficient (Wildman–Crippen LogP) is 3.09. The molecular formula is C28H44N2O6. The van der Waals surface area contributed by atoms with Gasteiger partial charge in [0.25, 0.3) is 0 Å². The summed E-state index contributed by atoms with van der Waals surface area (Å²) in [6.45, 7) is 17.5. The van der Waals surface area contributed by atoms with E-state index >= 15 is 0 Å². The van der Waals surface area contributed by atoms with Crippen LogP contribution in [0.4, 0.5) is 0 Å². The van der Waals surface area contributed by atoms with Crippen molar-refractivity contribution in [1.82, 2.24) is 9.80 Å². The first-order valence-corrected chi connectivity index (χ1v) is 13.3. The van der Waals surface area contributed by atoms with Crippen molar-refractivity contribution in [3.05, 3.63) is 25.3 Å². The summed E-state index contributed by atoms with van der Waals surface area (Å²) in [5, 5.41) is 10.4. The molecule has 3 unspecified atom stereocenters. The molecule has 1 N–H and O–H groups in total. The minimum Gasteiger partial charge on any atom is -0.461 e. The minimum atomic E-state index is -1.14. The highest BCUT2D eigenvalue weighted by Crippen LogP contribution is 2.63. The van der Waals surface area contributed by atoms with Crippen LogP contribution in [0.25, 0.3) is 0 Å². The number of aliphatic hydroxyl groups excluding tert-OH is 1. The lowest BCUT2D eigenvalue weighted by molar-refractivity contribution is -0.162. The summed E-state index contributed by atoms with van der Waals surface area (Å²) < 4.78 is 12.1. The molecule has 0 aliphatic carbocycles. The summed E-state index contributed by atoms with van der Waals surface area (Å²) in [6.07, 6.45) is 6.46. The van der Waals surface area contributed by atoms with Gasteiger partial charge in [-0.05, 0) is 45.4 Å². The molecule has 3 heterocycles. The molecule has 0 aromatic carbocycles. The van der Waals surface area contributed by atoms with Crippen molar-refractivity contribution in [2.45, 2.75) is 96.1 Å². The monoisotopic (exact) mass is 504 g/mol. The van der Waals surface area contributed by atoms with Crippen molar-refractivity contribution in [3.63, 3.8) is 0 Å². The molecule has 0 aromatic heterocycles. The largest absolute Gasteiger partial charge is 0.461 e. The van der Waals surface area contributed by atoms with Crippen LogP contribution >= 0.6 is 0 Å². The van der Waals surface area contributed by atoms with Gasteiger partial charge < -0.3 is 24.4 Å². The second-order valence-corrected chi connectivity index (χ2v) is 11.3. The van der Waals surface area contributed by atoms with Crippen LogP contribution in [-0.4, -0.2) is 81.8 Å². The van der Waals surface area contributed by atoms with Crippen molar-refractivity contribution >= 4 is 17.8 Å². The van der Waals surface area contributed by atoms with E-state index in [1.165, 1.54) is 6.08 Å². The zero-order chi connectivity index (χ0) is 26.8. The first kappa shape index (κ1) is 28.4. The van der Waals surface area contributed by atoms with Crippen LogP contribution in [0.15, 0.2) is 25.3 Å². The maximum atomic E-state index is 14.4. The Labute approximate surface area is 215 Å². The van der Waals surface area contributed by atoms with E-state index in [9.17, 15) is 19.5 Å². The summed E-state index contributed by atoms with van der Waals surface area (Å²) in [4.78, 5) is 45.1. The van der Waals surface area contributed by atoms with Crippen LogP contribution in [0.2, 0.25) is 0 Å². The van der Waals surface area contributed by atoms with Gasteiger partial charge in [-0.3, -0.25) is 14.4 Å². The lowest BCUT2D eigenvalue weighted by Gasteiger charge is -2.41. The van der Waals surface area contributed by atoms with Crippen LogP contribution in [-0.2, 0) is 23.9 Å². The third-order valence-electron chi connectivity index (χ3n) is 8.24. The number of aliphatic hydroxyl groups is 1. The number of likely N-dealkylation sites (tertiary alicyclic amines) is 1. The Balaban J connectivity index is 2.13. The number of carbonyl (C=O) groups is 3. The van der Waals surface area contributed by atoms with Gasteiger partial charge in [0.2, 0.25) is 11.8 Å². The molecule has 202 valence electrons. The third-order valence-corrected chi connectivity index (χ3v) is 8.24. The molecule has 3 aliphatic rings. The Kier molecular flexibility index (Phi) is 8.71. The van der Waals surface area contributed by atoms with Crippen molar-refractivity contribution < 1.29 is 29.0 Å². The fraction of sp³-hybridized carbons (Fsp3) is 0.750. The quantitative estimate of drug-likeness (QED) is 0.306. The topological polar surface area (TPSA) is 96.4 Å². The number of rotatable bonds is 13. The van der Waals surface area contributed by atoms with Crippen LogP contribution in [0, 0.1) is 17.8 Å². The van der Waals surface area contributed by atoms with E-state index in [1.807, 2.05) is 27.7 Å². The van der Waals surface area contributed by atoms with Crippen LogP contribution in [0.3, 0.4) is 0 Å². The van der Waals surface area contributed by atoms with Gasteiger partial charge in [-0.25, -0.2) is 0 Å². The number of amides is 2. The summed E-state index contributed by atoms with van der Waals surface area (Å²) in [5.74, 6) is -2.49. The van der Waals surface area contributed by atoms with Gasteiger partial charge in [-0.15, -0.1) is 6.58 Å². The average Bonchev–Trinajstić information content (AvgIpc) is 3.39. The molecule has 3 aliphatic heterocycles. The van der Waals surface area contributed by atoms with Crippen molar-refractivity contribution in [1.29, 1.82) is 0 Å². The van der Waals surface area contributed by atoms with Crippen molar-refractivity contribution in [2.75, 3.05) is 19.8 Å². The van der Waals surface area contributed by atoms with Crippen LogP contribution in [0.1, 0.15) is 66.7 Å². The third kappa shape index (κ3) is 4.62. The number of fused-ring (bicyclic) bond motifs is 1. The Bertz CT molecular complexity index is 874. The molecule has 0 radical (unpaired) electrons. The highest BCUT2D eigenvalue weighted by molar-refractivity contribution is 5.98. The first-order chi connectivity index (χ1) is 17.0.